The molecule has 12 heavy (non-hydrogen) atoms. The molecule has 3 heteroatoms. The van der Waals surface area contributed by atoms with Gasteiger partial charge in [0, 0.05) is 10.7 Å². The SMILES string of the molecule is CNCNc1ccc(C)c(Cl)c1. The van der Waals surface area contributed by atoms with Crippen LogP contribution in [0.5, 0.6) is 0 Å². The van der Waals surface area contributed by atoms with Gasteiger partial charge in [-0.3, -0.25) is 0 Å². The van der Waals surface area contributed by atoms with Crippen LogP contribution in [0.2, 0.25) is 5.02 Å². The molecule has 0 aliphatic rings. The van der Waals surface area contributed by atoms with E-state index in [2.05, 4.69) is 10.6 Å². The van der Waals surface area contributed by atoms with Gasteiger partial charge < -0.3 is 10.6 Å². The number of aryl methyl sites for hydroxylation is 1. The number of anilines is 1. The summed E-state index contributed by atoms with van der Waals surface area (Å²) in [7, 11) is 1.89. The van der Waals surface area contributed by atoms with Gasteiger partial charge in [0.05, 0.1) is 6.67 Å². The molecule has 1 rings (SSSR count). The van der Waals surface area contributed by atoms with Crippen molar-refractivity contribution in [1.82, 2.24) is 5.32 Å². The fourth-order valence-electron chi connectivity index (χ4n) is 0.893. The maximum atomic E-state index is 5.93. The van der Waals surface area contributed by atoms with Crippen molar-refractivity contribution in [2.24, 2.45) is 0 Å². The Hall–Kier alpha value is -0.730. The van der Waals surface area contributed by atoms with Gasteiger partial charge in [-0.05, 0) is 31.7 Å². The lowest BCUT2D eigenvalue weighted by Crippen LogP contribution is -2.16. The van der Waals surface area contributed by atoms with Gasteiger partial charge >= 0.3 is 0 Å². The van der Waals surface area contributed by atoms with Crippen LogP contribution in [0.25, 0.3) is 0 Å². The molecule has 0 aliphatic carbocycles. The summed E-state index contributed by atoms with van der Waals surface area (Å²) in [5, 5.41) is 6.96. The Morgan fingerprint density at radius 1 is 1.42 bits per heavy atom. The Morgan fingerprint density at radius 3 is 2.75 bits per heavy atom. The Balaban J connectivity index is 2.69. The van der Waals surface area contributed by atoms with Crippen LogP contribution < -0.4 is 10.6 Å². The summed E-state index contributed by atoms with van der Waals surface area (Å²) in [6.45, 7) is 2.74. The van der Waals surface area contributed by atoms with Crippen molar-refractivity contribution in [2.45, 2.75) is 6.92 Å². The van der Waals surface area contributed by atoms with Gasteiger partial charge in [-0.15, -0.1) is 0 Å². The smallest absolute Gasteiger partial charge is 0.0650 e. The number of halogens is 1. The lowest BCUT2D eigenvalue weighted by atomic mass is 10.2. The second-order valence-electron chi connectivity index (χ2n) is 2.67. The lowest BCUT2D eigenvalue weighted by Gasteiger charge is -2.06. The van der Waals surface area contributed by atoms with Crippen LogP contribution in [-0.2, 0) is 0 Å². The molecule has 0 aliphatic heterocycles. The molecule has 0 heterocycles. The highest BCUT2D eigenvalue weighted by Gasteiger charge is 1.95. The molecular formula is C9H13ClN2. The van der Waals surface area contributed by atoms with E-state index in [1.807, 2.05) is 32.2 Å². The largest absolute Gasteiger partial charge is 0.372 e. The van der Waals surface area contributed by atoms with Gasteiger partial charge in [0.25, 0.3) is 0 Å². The minimum atomic E-state index is 0.749. The first-order valence-electron chi connectivity index (χ1n) is 3.88. The van der Waals surface area contributed by atoms with Crippen molar-refractivity contribution < 1.29 is 0 Å². The Bertz CT molecular complexity index is 261. The van der Waals surface area contributed by atoms with Gasteiger partial charge in [-0.1, -0.05) is 17.7 Å². The molecule has 66 valence electrons. The third-order valence-electron chi connectivity index (χ3n) is 1.64. The number of nitrogens with one attached hydrogen (secondary N) is 2. The summed E-state index contributed by atoms with van der Waals surface area (Å²) >= 11 is 5.93. The average molecular weight is 185 g/mol. The van der Waals surface area contributed by atoms with E-state index in [1.165, 1.54) is 0 Å². The van der Waals surface area contributed by atoms with Gasteiger partial charge in [-0.25, -0.2) is 0 Å². The minimum Gasteiger partial charge on any atom is -0.372 e. The van der Waals surface area contributed by atoms with Crippen molar-refractivity contribution in [3.63, 3.8) is 0 Å². The van der Waals surface area contributed by atoms with Crippen molar-refractivity contribution >= 4 is 17.3 Å². The molecule has 0 amide bonds. The standard InChI is InChI=1S/C9H13ClN2/c1-7-3-4-8(5-9(7)10)12-6-11-2/h3-5,11-12H,6H2,1-2H3. The molecule has 0 spiro atoms. The van der Waals surface area contributed by atoms with Crippen LogP contribution in [0.1, 0.15) is 5.56 Å². The van der Waals surface area contributed by atoms with E-state index in [0.29, 0.717) is 0 Å². The molecule has 2 nitrogen and oxygen atoms in total. The molecule has 1 aromatic rings. The Labute approximate surface area is 77.9 Å². The van der Waals surface area contributed by atoms with Crippen LogP contribution in [0.4, 0.5) is 5.69 Å². The first-order valence-corrected chi connectivity index (χ1v) is 4.26. The molecule has 0 saturated carbocycles. The van der Waals surface area contributed by atoms with Crippen molar-refractivity contribution in [3.8, 4) is 0 Å². The third-order valence-corrected chi connectivity index (χ3v) is 2.05. The highest BCUT2D eigenvalue weighted by molar-refractivity contribution is 6.31. The van der Waals surface area contributed by atoms with E-state index >= 15 is 0 Å². The van der Waals surface area contributed by atoms with E-state index in [4.69, 9.17) is 11.6 Å². The molecule has 2 N–H and O–H groups in total. The van der Waals surface area contributed by atoms with E-state index in [1.54, 1.807) is 0 Å². The molecule has 1 aromatic carbocycles. The van der Waals surface area contributed by atoms with Gasteiger partial charge in [0.1, 0.15) is 0 Å². The summed E-state index contributed by atoms with van der Waals surface area (Å²) in [6.07, 6.45) is 0. The third kappa shape index (κ3) is 2.40. The highest BCUT2D eigenvalue weighted by atomic mass is 35.5. The quantitative estimate of drug-likeness (QED) is 0.705. The Morgan fingerprint density at radius 2 is 2.17 bits per heavy atom. The van der Waals surface area contributed by atoms with Crippen LogP contribution in [0, 0.1) is 6.92 Å². The van der Waals surface area contributed by atoms with Crippen molar-refractivity contribution in [3.05, 3.63) is 28.8 Å². The summed E-state index contributed by atoms with van der Waals surface area (Å²) in [6, 6.07) is 5.94. The van der Waals surface area contributed by atoms with Gasteiger partial charge in [0.2, 0.25) is 0 Å². The predicted octanol–water partition coefficient (Wildman–Crippen LogP) is 2.24. The molecule has 0 fully saturated rings. The number of rotatable bonds is 3. The van der Waals surface area contributed by atoms with E-state index in [0.717, 1.165) is 22.9 Å². The minimum absolute atomic E-state index is 0.749. The predicted molar refractivity (Wildman–Crippen MR) is 53.7 cm³/mol. The highest BCUT2D eigenvalue weighted by Crippen LogP contribution is 2.19. The van der Waals surface area contributed by atoms with Crippen LogP contribution >= 0.6 is 11.6 Å². The van der Waals surface area contributed by atoms with Crippen molar-refractivity contribution in [2.75, 3.05) is 19.0 Å². The first kappa shape index (κ1) is 9.36. The molecular weight excluding hydrogens is 172 g/mol. The Kier molecular flexibility index (Phi) is 3.38. The maximum absolute atomic E-state index is 5.93. The molecule has 0 unspecified atom stereocenters. The average Bonchev–Trinajstić information content (AvgIpc) is 2.07. The summed E-state index contributed by atoms with van der Waals surface area (Å²) in [4.78, 5) is 0. The fourth-order valence-corrected chi connectivity index (χ4v) is 1.07. The monoisotopic (exact) mass is 184 g/mol. The zero-order valence-corrected chi connectivity index (χ0v) is 8.07. The number of hydrogen-bond acceptors (Lipinski definition) is 2. The fraction of sp³-hybridized carbons (Fsp3) is 0.333. The van der Waals surface area contributed by atoms with Crippen LogP contribution in [-0.4, -0.2) is 13.7 Å². The second-order valence-corrected chi connectivity index (χ2v) is 3.08. The zero-order chi connectivity index (χ0) is 8.97. The molecule has 0 bridgehead atoms. The van der Waals surface area contributed by atoms with Crippen molar-refractivity contribution in [1.29, 1.82) is 0 Å². The van der Waals surface area contributed by atoms with Crippen LogP contribution in [0.15, 0.2) is 18.2 Å². The van der Waals surface area contributed by atoms with E-state index in [9.17, 15) is 0 Å². The van der Waals surface area contributed by atoms with E-state index < -0.39 is 0 Å². The van der Waals surface area contributed by atoms with E-state index in [-0.39, 0.29) is 0 Å². The normalized spacial score (nSPS) is 9.92. The lowest BCUT2D eigenvalue weighted by molar-refractivity contribution is 0.874. The number of benzene rings is 1. The molecule has 0 saturated heterocycles. The van der Waals surface area contributed by atoms with Gasteiger partial charge in [0.15, 0.2) is 0 Å². The maximum Gasteiger partial charge on any atom is 0.0650 e. The summed E-state index contributed by atoms with van der Waals surface area (Å²) in [5.41, 5.74) is 2.15. The molecule has 0 atom stereocenters. The summed E-state index contributed by atoms with van der Waals surface area (Å²) < 4.78 is 0. The van der Waals surface area contributed by atoms with Gasteiger partial charge in [-0.2, -0.15) is 0 Å². The second kappa shape index (κ2) is 4.33. The first-order chi connectivity index (χ1) is 5.74. The van der Waals surface area contributed by atoms with Crippen LogP contribution in [0.3, 0.4) is 0 Å². The zero-order valence-electron chi connectivity index (χ0n) is 7.32. The number of hydrogen-bond donors (Lipinski definition) is 2. The summed E-state index contributed by atoms with van der Waals surface area (Å²) in [5.74, 6) is 0. The topological polar surface area (TPSA) is 24.1 Å². The molecule has 0 aromatic heterocycles. The molecule has 0 radical (unpaired) electrons.